The minimum atomic E-state index is -0.952. The van der Waals surface area contributed by atoms with Gasteiger partial charge in [-0.2, -0.15) is 4.98 Å². The first-order chi connectivity index (χ1) is 13.6. The number of hydrogen-bond acceptors (Lipinski definition) is 6. The lowest BCUT2D eigenvalue weighted by Crippen LogP contribution is -2.48. The molecule has 0 saturated carbocycles. The first-order valence-corrected chi connectivity index (χ1v) is 8.80. The molecule has 3 heterocycles. The van der Waals surface area contributed by atoms with Crippen LogP contribution in [0.3, 0.4) is 0 Å². The Bertz CT molecular complexity index is 951. The molecule has 1 amide bonds. The van der Waals surface area contributed by atoms with Crippen molar-refractivity contribution in [2.75, 3.05) is 26.2 Å². The van der Waals surface area contributed by atoms with Crippen LogP contribution in [0.2, 0.25) is 0 Å². The van der Waals surface area contributed by atoms with E-state index < -0.39 is 23.1 Å². The highest BCUT2D eigenvalue weighted by Crippen LogP contribution is 2.18. The minimum Gasteiger partial charge on any atom is -0.338 e. The van der Waals surface area contributed by atoms with E-state index in [1.54, 1.807) is 0 Å². The summed E-state index contributed by atoms with van der Waals surface area (Å²) >= 11 is 0. The summed E-state index contributed by atoms with van der Waals surface area (Å²) in [7, 11) is 0. The van der Waals surface area contributed by atoms with Gasteiger partial charge in [0.05, 0.1) is 18.9 Å². The second-order valence-corrected chi connectivity index (χ2v) is 6.42. The molecule has 2 aromatic heterocycles. The molecule has 0 aliphatic carbocycles. The third-order valence-electron chi connectivity index (χ3n) is 4.59. The lowest BCUT2D eigenvalue weighted by Gasteiger charge is -2.34. The summed E-state index contributed by atoms with van der Waals surface area (Å²) in [4.78, 5) is 23.7. The smallest absolute Gasteiger partial charge is 0.260 e. The Labute approximate surface area is 159 Å². The molecule has 3 aromatic rings. The number of carbonyl (C=O) groups is 1. The molecule has 0 atom stereocenters. The van der Waals surface area contributed by atoms with Gasteiger partial charge in [-0.1, -0.05) is 35.5 Å². The van der Waals surface area contributed by atoms with Gasteiger partial charge in [0.25, 0.3) is 5.91 Å². The monoisotopic (exact) mass is 385 g/mol. The second kappa shape index (κ2) is 7.81. The lowest BCUT2D eigenvalue weighted by molar-refractivity contribution is 0.0605. The Kier molecular flexibility index (Phi) is 5.07. The number of piperazine rings is 1. The molecule has 1 aliphatic rings. The van der Waals surface area contributed by atoms with E-state index in [0.29, 0.717) is 44.4 Å². The molecule has 9 heteroatoms. The van der Waals surface area contributed by atoms with Crippen molar-refractivity contribution in [2.45, 2.75) is 6.54 Å². The van der Waals surface area contributed by atoms with E-state index >= 15 is 0 Å². The third-order valence-corrected chi connectivity index (χ3v) is 4.59. The van der Waals surface area contributed by atoms with Crippen LogP contribution in [0.1, 0.15) is 16.2 Å². The van der Waals surface area contributed by atoms with Gasteiger partial charge in [-0.15, -0.1) is 0 Å². The van der Waals surface area contributed by atoms with Crippen molar-refractivity contribution < 1.29 is 18.1 Å². The van der Waals surface area contributed by atoms with Crippen LogP contribution in [-0.2, 0) is 6.54 Å². The highest BCUT2D eigenvalue weighted by molar-refractivity contribution is 5.94. The number of pyridine rings is 1. The van der Waals surface area contributed by atoms with Crippen molar-refractivity contribution >= 4 is 5.91 Å². The Morgan fingerprint density at radius 3 is 2.39 bits per heavy atom. The molecule has 1 aliphatic heterocycles. The van der Waals surface area contributed by atoms with Crippen LogP contribution in [0.5, 0.6) is 0 Å². The van der Waals surface area contributed by atoms with E-state index in [-0.39, 0.29) is 0 Å². The highest BCUT2D eigenvalue weighted by atomic mass is 19.1. The number of carbonyl (C=O) groups excluding carboxylic acids is 1. The van der Waals surface area contributed by atoms with Crippen LogP contribution < -0.4 is 0 Å². The molecule has 1 saturated heterocycles. The number of aromatic nitrogens is 3. The Balaban J connectivity index is 1.36. The number of amides is 1. The quantitative estimate of drug-likeness (QED) is 0.686. The topological polar surface area (TPSA) is 75.4 Å². The zero-order valence-electron chi connectivity index (χ0n) is 14.9. The van der Waals surface area contributed by atoms with Gasteiger partial charge in [-0.05, 0) is 0 Å². The Morgan fingerprint density at radius 1 is 1.04 bits per heavy atom. The van der Waals surface area contributed by atoms with Crippen molar-refractivity contribution in [3.63, 3.8) is 0 Å². The number of hydrogen-bond donors (Lipinski definition) is 0. The lowest BCUT2D eigenvalue weighted by atomic mass is 10.2. The maximum atomic E-state index is 13.8. The van der Waals surface area contributed by atoms with Gasteiger partial charge >= 0.3 is 0 Å². The van der Waals surface area contributed by atoms with E-state index in [2.05, 4.69) is 15.1 Å². The molecular weight excluding hydrogens is 368 g/mol. The molecule has 4 rings (SSSR count). The fourth-order valence-corrected chi connectivity index (χ4v) is 3.10. The molecule has 1 fully saturated rings. The first-order valence-electron chi connectivity index (χ1n) is 8.80. The third kappa shape index (κ3) is 3.74. The molecule has 0 bridgehead atoms. The average molecular weight is 385 g/mol. The molecule has 0 spiro atoms. The summed E-state index contributed by atoms with van der Waals surface area (Å²) in [6.07, 6.45) is 1.68. The normalized spacial score (nSPS) is 15.0. The summed E-state index contributed by atoms with van der Waals surface area (Å²) < 4.78 is 32.9. The van der Waals surface area contributed by atoms with Crippen molar-refractivity contribution in [2.24, 2.45) is 0 Å². The number of rotatable bonds is 4. The van der Waals surface area contributed by atoms with Crippen molar-refractivity contribution in [1.29, 1.82) is 0 Å². The van der Waals surface area contributed by atoms with E-state index in [9.17, 15) is 13.6 Å². The minimum absolute atomic E-state index is 0.347. The van der Waals surface area contributed by atoms with Gasteiger partial charge in [0.15, 0.2) is 11.6 Å². The van der Waals surface area contributed by atoms with Gasteiger partial charge in [0.2, 0.25) is 11.7 Å². The van der Waals surface area contributed by atoms with Crippen LogP contribution in [-0.4, -0.2) is 57.0 Å². The van der Waals surface area contributed by atoms with Crippen LogP contribution in [0.4, 0.5) is 8.78 Å². The highest BCUT2D eigenvalue weighted by Gasteiger charge is 2.27. The first kappa shape index (κ1) is 18.2. The fourth-order valence-electron chi connectivity index (χ4n) is 3.10. The molecule has 7 nitrogen and oxygen atoms in total. The van der Waals surface area contributed by atoms with Crippen LogP contribution >= 0.6 is 0 Å². The van der Waals surface area contributed by atoms with Crippen LogP contribution in [0.25, 0.3) is 11.4 Å². The Morgan fingerprint density at radius 2 is 1.71 bits per heavy atom. The van der Waals surface area contributed by atoms with Gasteiger partial charge in [-0.3, -0.25) is 14.7 Å². The van der Waals surface area contributed by atoms with E-state index in [1.807, 2.05) is 35.2 Å². The van der Waals surface area contributed by atoms with Crippen LogP contribution in [0.15, 0.2) is 47.2 Å². The van der Waals surface area contributed by atoms with Crippen LogP contribution in [0, 0.1) is 11.6 Å². The predicted molar refractivity (Wildman–Crippen MR) is 95.1 cm³/mol. The summed E-state index contributed by atoms with van der Waals surface area (Å²) in [6, 6.07) is 9.51. The van der Waals surface area contributed by atoms with Gasteiger partial charge in [0.1, 0.15) is 5.56 Å². The van der Waals surface area contributed by atoms with Crippen molar-refractivity contribution in [3.8, 4) is 11.4 Å². The predicted octanol–water partition coefficient (Wildman–Crippen LogP) is 2.37. The molecular formula is C19H17F2N5O2. The number of benzene rings is 1. The number of nitrogens with zero attached hydrogens (tertiary/aromatic N) is 5. The van der Waals surface area contributed by atoms with Crippen molar-refractivity contribution in [1.82, 2.24) is 24.9 Å². The second-order valence-electron chi connectivity index (χ2n) is 6.42. The summed E-state index contributed by atoms with van der Waals surface area (Å²) in [6.45, 7) is 2.20. The average Bonchev–Trinajstić information content (AvgIpc) is 3.17. The van der Waals surface area contributed by atoms with E-state index in [0.717, 1.165) is 18.0 Å². The molecule has 0 radical (unpaired) electrons. The standard InChI is InChI=1S/C19H17F2N5O2/c20-14-10-22-11-15(21)17(14)19(27)26-8-6-25(7-9-26)12-16-23-18(24-28-16)13-4-2-1-3-5-13/h1-5,10-11H,6-9,12H2. The van der Waals surface area contributed by atoms with Gasteiger partial charge in [-0.25, -0.2) is 8.78 Å². The molecule has 0 unspecified atom stereocenters. The largest absolute Gasteiger partial charge is 0.338 e. The SMILES string of the molecule is O=C(c1c(F)cncc1F)N1CCN(Cc2nc(-c3ccccc3)no2)CC1. The van der Waals surface area contributed by atoms with Crippen molar-refractivity contribution in [3.05, 3.63) is 65.8 Å². The molecule has 144 valence electrons. The maximum absolute atomic E-state index is 13.8. The van der Waals surface area contributed by atoms with Gasteiger partial charge in [0, 0.05) is 31.7 Å². The summed E-state index contributed by atoms with van der Waals surface area (Å²) in [5.74, 6) is -1.57. The number of halogens is 2. The van der Waals surface area contributed by atoms with E-state index in [1.165, 1.54) is 4.90 Å². The van der Waals surface area contributed by atoms with E-state index in [4.69, 9.17) is 4.52 Å². The zero-order chi connectivity index (χ0) is 19.5. The molecule has 1 aromatic carbocycles. The van der Waals surface area contributed by atoms with Gasteiger partial charge < -0.3 is 9.42 Å². The Hall–Kier alpha value is -3.20. The molecule has 0 N–H and O–H groups in total. The summed E-state index contributed by atoms with van der Waals surface area (Å²) in [5, 5.41) is 3.99. The fraction of sp³-hybridized carbons (Fsp3) is 0.263. The zero-order valence-corrected chi connectivity index (χ0v) is 14.9. The molecule has 28 heavy (non-hydrogen) atoms. The summed E-state index contributed by atoms with van der Waals surface area (Å²) in [5.41, 5.74) is 0.308. The maximum Gasteiger partial charge on any atom is 0.260 e.